The molecular formula is C25H17ClN4O9. The molecule has 3 aromatic carbocycles. The fourth-order valence-electron chi connectivity index (χ4n) is 3.61. The van der Waals surface area contributed by atoms with E-state index in [1.54, 1.807) is 19.1 Å². The molecule has 0 spiro atoms. The van der Waals surface area contributed by atoms with Crippen LogP contribution < -0.4 is 19.7 Å². The van der Waals surface area contributed by atoms with Crippen LogP contribution in [0.2, 0.25) is 5.02 Å². The van der Waals surface area contributed by atoms with E-state index in [0.717, 1.165) is 23.1 Å². The Morgan fingerprint density at radius 2 is 1.69 bits per heavy atom. The fraction of sp³-hybridized carbons (Fsp3) is 0.0800. The number of carbonyl (C=O) groups excluding carboxylic acids is 3. The van der Waals surface area contributed by atoms with Gasteiger partial charge in [-0.3, -0.25) is 35.1 Å². The van der Waals surface area contributed by atoms with Gasteiger partial charge in [-0.25, -0.2) is 9.69 Å². The Hall–Kier alpha value is -5.30. The third-order valence-corrected chi connectivity index (χ3v) is 5.55. The van der Waals surface area contributed by atoms with Gasteiger partial charge in [-0.05, 0) is 55.0 Å². The highest BCUT2D eigenvalue weighted by atomic mass is 35.5. The number of imide groups is 2. The van der Waals surface area contributed by atoms with Crippen molar-refractivity contribution in [3.63, 3.8) is 0 Å². The second kappa shape index (κ2) is 11.0. The maximum atomic E-state index is 13.1. The molecule has 3 aromatic rings. The molecule has 0 bridgehead atoms. The molecule has 0 aliphatic carbocycles. The molecule has 4 rings (SSSR count). The summed E-state index contributed by atoms with van der Waals surface area (Å²) in [6.45, 7) is 1.84. The molecule has 4 amide bonds. The smallest absolute Gasteiger partial charge is 0.335 e. The molecule has 13 nitrogen and oxygen atoms in total. The second-order valence-electron chi connectivity index (χ2n) is 7.85. The molecule has 1 aliphatic heterocycles. The van der Waals surface area contributed by atoms with Crippen molar-refractivity contribution in [2.75, 3.05) is 11.5 Å². The lowest BCUT2D eigenvalue weighted by atomic mass is 10.1. The number of anilines is 1. The standard InChI is InChI=1S/C25H17ClN4O9/c1-2-38-22-11-14(6-8-21(22)39-20-9-7-17(29(34)35)13-19(20)30(36)37)10-18-23(31)27-25(33)28(24(18)32)16-5-3-4-15(26)12-16/h3-13H,2H2,1H3,(H,27,31,33)/b18-10+. The number of barbiturate groups is 1. The SMILES string of the molecule is CCOc1cc(/C=C2\C(=O)NC(=O)N(c3cccc(Cl)c3)C2=O)ccc1Oc1ccc([N+](=O)[O-])cc1[N+](=O)[O-]. The van der Waals surface area contributed by atoms with E-state index in [1.807, 2.05) is 0 Å². The van der Waals surface area contributed by atoms with E-state index in [1.165, 1.54) is 36.4 Å². The Kier molecular flexibility index (Phi) is 7.53. The quantitative estimate of drug-likeness (QED) is 0.174. The van der Waals surface area contributed by atoms with Gasteiger partial charge in [-0.2, -0.15) is 0 Å². The molecule has 1 fully saturated rings. The Bertz CT molecular complexity index is 1570. The van der Waals surface area contributed by atoms with Gasteiger partial charge in [0.15, 0.2) is 11.5 Å². The van der Waals surface area contributed by atoms with Crippen LogP contribution in [-0.2, 0) is 9.59 Å². The van der Waals surface area contributed by atoms with Gasteiger partial charge in [0, 0.05) is 11.1 Å². The van der Waals surface area contributed by atoms with E-state index in [9.17, 15) is 34.6 Å². The van der Waals surface area contributed by atoms with Gasteiger partial charge in [0.25, 0.3) is 17.5 Å². The summed E-state index contributed by atoms with van der Waals surface area (Å²) in [5, 5.41) is 24.9. The summed E-state index contributed by atoms with van der Waals surface area (Å²) >= 11 is 5.98. The summed E-state index contributed by atoms with van der Waals surface area (Å²) in [5.74, 6) is -1.93. The van der Waals surface area contributed by atoms with Crippen molar-refractivity contribution in [2.24, 2.45) is 0 Å². The first-order valence-electron chi connectivity index (χ1n) is 11.1. The Morgan fingerprint density at radius 3 is 2.36 bits per heavy atom. The summed E-state index contributed by atoms with van der Waals surface area (Å²) in [6, 6.07) is 12.2. The number of amides is 4. The summed E-state index contributed by atoms with van der Waals surface area (Å²) in [5.41, 5.74) is -0.999. The van der Waals surface area contributed by atoms with Crippen molar-refractivity contribution in [1.82, 2.24) is 5.32 Å². The van der Waals surface area contributed by atoms with Crippen molar-refractivity contribution in [2.45, 2.75) is 6.92 Å². The number of non-ortho nitro benzene ring substituents is 1. The fourth-order valence-corrected chi connectivity index (χ4v) is 3.79. The molecule has 0 saturated carbocycles. The van der Waals surface area contributed by atoms with Crippen LogP contribution in [0.25, 0.3) is 6.08 Å². The minimum atomic E-state index is -0.937. The maximum absolute atomic E-state index is 13.1. The lowest BCUT2D eigenvalue weighted by Gasteiger charge is -2.26. The highest BCUT2D eigenvalue weighted by molar-refractivity contribution is 6.39. The molecule has 0 atom stereocenters. The molecule has 1 N–H and O–H groups in total. The number of urea groups is 1. The van der Waals surface area contributed by atoms with Crippen LogP contribution in [0.15, 0.2) is 66.2 Å². The number of nitro groups is 2. The number of nitro benzene ring substituents is 2. The van der Waals surface area contributed by atoms with Crippen LogP contribution in [0.3, 0.4) is 0 Å². The predicted octanol–water partition coefficient (Wildman–Crippen LogP) is 5.01. The van der Waals surface area contributed by atoms with Crippen LogP contribution in [0.1, 0.15) is 12.5 Å². The first-order valence-corrected chi connectivity index (χ1v) is 11.5. The van der Waals surface area contributed by atoms with Crippen LogP contribution >= 0.6 is 11.6 Å². The molecular weight excluding hydrogens is 536 g/mol. The number of rotatable bonds is 8. The van der Waals surface area contributed by atoms with Gasteiger partial charge in [0.05, 0.1) is 28.2 Å². The van der Waals surface area contributed by atoms with Gasteiger partial charge in [-0.1, -0.05) is 23.7 Å². The predicted molar refractivity (Wildman–Crippen MR) is 138 cm³/mol. The molecule has 0 unspecified atom stereocenters. The van der Waals surface area contributed by atoms with E-state index in [4.69, 9.17) is 21.1 Å². The lowest BCUT2D eigenvalue weighted by Crippen LogP contribution is -2.54. The molecule has 0 radical (unpaired) electrons. The van der Waals surface area contributed by atoms with Gasteiger partial charge < -0.3 is 9.47 Å². The van der Waals surface area contributed by atoms with Crippen LogP contribution in [0.4, 0.5) is 21.9 Å². The number of halogens is 1. The third kappa shape index (κ3) is 5.67. The molecule has 1 saturated heterocycles. The summed E-state index contributed by atoms with van der Waals surface area (Å²) in [6.07, 6.45) is 1.24. The minimum absolute atomic E-state index is 0.0334. The van der Waals surface area contributed by atoms with Crippen molar-refractivity contribution in [3.05, 3.63) is 97.1 Å². The Balaban J connectivity index is 1.69. The number of hydrogen-bond acceptors (Lipinski definition) is 9. The van der Waals surface area contributed by atoms with Crippen LogP contribution in [-0.4, -0.2) is 34.3 Å². The largest absolute Gasteiger partial charge is 0.490 e. The summed E-state index contributed by atoms with van der Waals surface area (Å²) in [4.78, 5) is 59.7. The number of hydrogen-bond donors (Lipinski definition) is 1. The van der Waals surface area contributed by atoms with E-state index in [2.05, 4.69) is 5.32 Å². The first-order chi connectivity index (χ1) is 18.6. The minimum Gasteiger partial charge on any atom is -0.490 e. The van der Waals surface area contributed by atoms with E-state index in [0.29, 0.717) is 5.56 Å². The number of benzene rings is 3. The lowest BCUT2D eigenvalue weighted by molar-refractivity contribution is -0.394. The van der Waals surface area contributed by atoms with Crippen molar-refractivity contribution in [1.29, 1.82) is 0 Å². The van der Waals surface area contributed by atoms with Crippen molar-refractivity contribution >= 4 is 52.6 Å². The van der Waals surface area contributed by atoms with Gasteiger partial charge in [-0.15, -0.1) is 0 Å². The zero-order chi connectivity index (χ0) is 28.3. The summed E-state index contributed by atoms with van der Waals surface area (Å²) < 4.78 is 11.2. The zero-order valence-corrected chi connectivity index (χ0v) is 20.7. The number of nitrogens with zero attached hydrogens (tertiary/aromatic N) is 3. The zero-order valence-electron chi connectivity index (χ0n) is 20.0. The molecule has 0 aromatic heterocycles. The van der Waals surface area contributed by atoms with E-state index < -0.39 is 39.1 Å². The average Bonchev–Trinajstić information content (AvgIpc) is 2.88. The van der Waals surface area contributed by atoms with Crippen molar-refractivity contribution in [3.8, 4) is 17.2 Å². The number of ether oxygens (including phenoxy) is 2. The maximum Gasteiger partial charge on any atom is 0.335 e. The number of nitrogens with one attached hydrogen (secondary N) is 1. The van der Waals surface area contributed by atoms with Gasteiger partial charge in [0.2, 0.25) is 5.75 Å². The normalized spacial score (nSPS) is 14.3. The Morgan fingerprint density at radius 1 is 0.949 bits per heavy atom. The molecule has 14 heteroatoms. The van der Waals surface area contributed by atoms with E-state index >= 15 is 0 Å². The van der Waals surface area contributed by atoms with Crippen molar-refractivity contribution < 1.29 is 33.7 Å². The van der Waals surface area contributed by atoms with Gasteiger partial charge in [0.1, 0.15) is 5.57 Å². The first kappa shape index (κ1) is 26.8. The average molecular weight is 553 g/mol. The van der Waals surface area contributed by atoms with E-state index in [-0.39, 0.29) is 40.1 Å². The molecule has 1 aliphatic rings. The monoisotopic (exact) mass is 552 g/mol. The van der Waals surface area contributed by atoms with Gasteiger partial charge >= 0.3 is 11.7 Å². The Labute approximate surface area is 224 Å². The van der Waals surface area contributed by atoms with Crippen LogP contribution in [0, 0.1) is 20.2 Å². The summed E-state index contributed by atoms with van der Waals surface area (Å²) in [7, 11) is 0. The topological polar surface area (TPSA) is 171 Å². The van der Waals surface area contributed by atoms with Crippen LogP contribution in [0.5, 0.6) is 17.2 Å². The highest BCUT2D eigenvalue weighted by Crippen LogP contribution is 2.39. The molecule has 198 valence electrons. The number of carbonyl (C=O) groups is 3. The molecule has 39 heavy (non-hydrogen) atoms. The molecule has 1 heterocycles. The highest BCUT2D eigenvalue weighted by Gasteiger charge is 2.37. The third-order valence-electron chi connectivity index (χ3n) is 5.32. The second-order valence-corrected chi connectivity index (χ2v) is 8.28.